The van der Waals surface area contributed by atoms with Gasteiger partial charge in [-0.1, -0.05) is 135 Å². The third-order valence-electron chi connectivity index (χ3n) is 7.45. The molecule has 0 saturated carbocycles. The molecule has 0 heterocycles. The minimum Gasteiger partial charge on any atom is -0.0616 e. The first-order chi connectivity index (χ1) is 17.2. The maximum absolute atomic E-state index is 4.01. The SMILES string of the molecule is Brc1ccc2c(c1)-c1cccc(Br)c1C2(c1cccc2ccccc12)c1cccc2ccccc12. The van der Waals surface area contributed by atoms with Gasteiger partial charge in [-0.25, -0.2) is 0 Å². The summed E-state index contributed by atoms with van der Waals surface area (Å²) < 4.78 is 2.22. The first kappa shape index (κ1) is 21.1. The van der Waals surface area contributed by atoms with E-state index >= 15 is 0 Å². The summed E-state index contributed by atoms with van der Waals surface area (Å²) in [4.78, 5) is 0. The second-order valence-electron chi connectivity index (χ2n) is 9.16. The van der Waals surface area contributed by atoms with Crippen molar-refractivity contribution in [2.45, 2.75) is 5.41 Å². The van der Waals surface area contributed by atoms with Gasteiger partial charge in [0.2, 0.25) is 0 Å². The second kappa shape index (κ2) is 7.91. The molecule has 0 saturated heterocycles. The third kappa shape index (κ3) is 2.90. The fourth-order valence-electron chi connectivity index (χ4n) is 6.14. The molecule has 6 aromatic carbocycles. The van der Waals surface area contributed by atoms with Gasteiger partial charge in [-0.05, 0) is 73.1 Å². The summed E-state index contributed by atoms with van der Waals surface area (Å²) >= 11 is 7.76. The van der Waals surface area contributed by atoms with E-state index in [0.717, 1.165) is 8.95 Å². The number of halogens is 2. The molecule has 1 aliphatic carbocycles. The molecule has 0 N–H and O–H groups in total. The standard InChI is InChI=1S/C33H20Br2/c34-23-18-19-30-27(20-23)26-14-7-17-31(35)32(26)33(30,28-15-5-10-21-8-1-3-12-24(21)28)29-16-6-11-22-9-2-4-13-25(22)29/h1-20H. The molecule has 1 aliphatic rings. The summed E-state index contributed by atoms with van der Waals surface area (Å²) in [6, 6.07) is 44.4. The Bertz CT molecular complexity index is 1690. The molecule has 0 amide bonds. The molecule has 7 rings (SSSR count). The summed E-state index contributed by atoms with van der Waals surface area (Å²) in [6.07, 6.45) is 0. The van der Waals surface area contributed by atoms with Gasteiger partial charge in [0.05, 0.1) is 5.41 Å². The Morgan fingerprint density at radius 3 is 1.69 bits per heavy atom. The summed E-state index contributed by atoms with van der Waals surface area (Å²) in [5.41, 5.74) is 7.30. The monoisotopic (exact) mass is 574 g/mol. The van der Waals surface area contributed by atoms with E-state index in [0.29, 0.717) is 0 Å². The predicted octanol–water partition coefficient (Wildman–Crippen LogP) is 9.88. The topological polar surface area (TPSA) is 0 Å². The van der Waals surface area contributed by atoms with Crippen molar-refractivity contribution < 1.29 is 0 Å². The van der Waals surface area contributed by atoms with Crippen LogP contribution in [0.4, 0.5) is 0 Å². The Morgan fingerprint density at radius 1 is 0.457 bits per heavy atom. The van der Waals surface area contributed by atoms with Crippen molar-refractivity contribution in [3.63, 3.8) is 0 Å². The minimum atomic E-state index is -0.479. The van der Waals surface area contributed by atoms with Gasteiger partial charge in [0.15, 0.2) is 0 Å². The molecule has 0 nitrogen and oxygen atoms in total. The Morgan fingerprint density at radius 2 is 1.03 bits per heavy atom. The molecular weight excluding hydrogens is 556 g/mol. The molecule has 0 spiro atoms. The van der Waals surface area contributed by atoms with Crippen LogP contribution in [0.5, 0.6) is 0 Å². The van der Waals surface area contributed by atoms with Gasteiger partial charge in [0, 0.05) is 8.95 Å². The highest BCUT2D eigenvalue weighted by molar-refractivity contribution is 9.10. The molecule has 6 aromatic rings. The Balaban J connectivity index is 1.78. The number of fused-ring (bicyclic) bond motifs is 5. The van der Waals surface area contributed by atoms with Crippen LogP contribution in [0, 0.1) is 0 Å². The molecule has 35 heavy (non-hydrogen) atoms. The lowest BCUT2D eigenvalue weighted by molar-refractivity contribution is 0.780. The molecule has 0 bridgehead atoms. The molecule has 166 valence electrons. The van der Waals surface area contributed by atoms with Gasteiger partial charge in [-0.15, -0.1) is 0 Å². The lowest BCUT2D eigenvalue weighted by Gasteiger charge is -2.36. The van der Waals surface area contributed by atoms with Crippen LogP contribution < -0.4 is 0 Å². The highest BCUT2D eigenvalue weighted by Crippen LogP contribution is 2.60. The summed E-state index contributed by atoms with van der Waals surface area (Å²) in [5.74, 6) is 0. The maximum Gasteiger partial charge on any atom is 0.0736 e. The van der Waals surface area contributed by atoms with Gasteiger partial charge in [-0.3, -0.25) is 0 Å². The highest BCUT2D eigenvalue weighted by Gasteiger charge is 2.48. The lowest BCUT2D eigenvalue weighted by atomic mass is 9.65. The zero-order chi connectivity index (χ0) is 23.6. The summed E-state index contributed by atoms with van der Waals surface area (Å²) in [7, 11) is 0. The van der Waals surface area contributed by atoms with Gasteiger partial charge < -0.3 is 0 Å². The largest absolute Gasteiger partial charge is 0.0736 e. The first-order valence-electron chi connectivity index (χ1n) is 11.8. The van der Waals surface area contributed by atoms with Crippen molar-refractivity contribution in [3.8, 4) is 11.1 Å². The van der Waals surface area contributed by atoms with Crippen molar-refractivity contribution >= 4 is 53.4 Å². The quantitative estimate of drug-likeness (QED) is 0.192. The van der Waals surface area contributed by atoms with Crippen LogP contribution in [0.25, 0.3) is 32.7 Å². The van der Waals surface area contributed by atoms with E-state index in [9.17, 15) is 0 Å². The van der Waals surface area contributed by atoms with E-state index in [-0.39, 0.29) is 0 Å². The zero-order valence-corrected chi connectivity index (χ0v) is 22.0. The summed E-state index contributed by atoms with van der Waals surface area (Å²) in [6.45, 7) is 0. The molecular formula is C33H20Br2. The second-order valence-corrected chi connectivity index (χ2v) is 10.9. The van der Waals surface area contributed by atoms with Crippen molar-refractivity contribution in [2.75, 3.05) is 0 Å². The molecule has 0 aliphatic heterocycles. The van der Waals surface area contributed by atoms with E-state index in [1.807, 2.05) is 0 Å². The normalized spacial score (nSPS) is 13.7. The fraction of sp³-hybridized carbons (Fsp3) is 0.0303. The van der Waals surface area contributed by atoms with Crippen LogP contribution in [-0.2, 0) is 5.41 Å². The Labute approximate surface area is 221 Å². The molecule has 0 radical (unpaired) electrons. The average molecular weight is 576 g/mol. The van der Waals surface area contributed by atoms with Crippen LogP contribution in [0.2, 0.25) is 0 Å². The molecule has 0 aromatic heterocycles. The minimum absolute atomic E-state index is 0.479. The van der Waals surface area contributed by atoms with Gasteiger partial charge in [0.1, 0.15) is 0 Å². The van der Waals surface area contributed by atoms with E-state index in [4.69, 9.17) is 0 Å². The van der Waals surface area contributed by atoms with E-state index in [2.05, 4.69) is 153 Å². The van der Waals surface area contributed by atoms with E-state index in [1.165, 1.54) is 54.9 Å². The predicted molar refractivity (Wildman–Crippen MR) is 154 cm³/mol. The van der Waals surface area contributed by atoms with Gasteiger partial charge >= 0.3 is 0 Å². The van der Waals surface area contributed by atoms with Crippen LogP contribution in [0.1, 0.15) is 22.3 Å². The Hall–Kier alpha value is -3.20. The van der Waals surface area contributed by atoms with Crippen LogP contribution in [-0.4, -0.2) is 0 Å². The van der Waals surface area contributed by atoms with Crippen molar-refractivity contribution in [1.29, 1.82) is 0 Å². The van der Waals surface area contributed by atoms with Crippen molar-refractivity contribution in [2.24, 2.45) is 0 Å². The van der Waals surface area contributed by atoms with Crippen molar-refractivity contribution in [3.05, 3.63) is 153 Å². The van der Waals surface area contributed by atoms with Gasteiger partial charge in [0.25, 0.3) is 0 Å². The molecule has 2 heteroatoms. The highest BCUT2D eigenvalue weighted by atomic mass is 79.9. The number of hydrogen-bond acceptors (Lipinski definition) is 0. The van der Waals surface area contributed by atoms with E-state index < -0.39 is 5.41 Å². The van der Waals surface area contributed by atoms with Crippen molar-refractivity contribution in [1.82, 2.24) is 0 Å². The number of rotatable bonds is 2. The van der Waals surface area contributed by atoms with Crippen LogP contribution in [0.15, 0.2) is 130 Å². The van der Waals surface area contributed by atoms with E-state index in [1.54, 1.807) is 0 Å². The maximum atomic E-state index is 4.01. The first-order valence-corrected chi connectivity index (χ1v) is 13.3. The number of hydrogen-bond donors (Lipinski definition) is 0. The Kier molecular flexibility index (Phi) is 4.77. The number of benzene rings is 6. The molecule has 0 unspecified atom stereocenters. The molecule has 0 fully saturated rings. The lowest BCUT2D eigenvalue weighted by Crippen LogP contribution is -2.29. The summed E-state index contributed by atoms with van der Waals surface area (Å²) in [5, 5.41) is 5.06. The van der Waals surface area contributed by atoms with Crippen LogP contribution >= 0.6 is 31.9 Å². The fourth-order valence-corrected chi connectivity index (χ4v) is 7.16. The molecule has 0 atom stereocenters. The average Bonchev–Trinajstić information content (AvgIpc) is 3.19. The van der Waals surface area contributed by atoms with Crippen LogP contribution in [0.3, 0.4) is 0 Å². The smallest absolute Gasteiger partial charge is 0.0616 e. The zero-order valence-electron chi connectivity index (χ0n) is 18.8. The third-order valence-corrected chi connectivity index (χ3v) is 8.61. The van der Waals surface area contributed by atoms with Gasteiger partial charge in [-0.2, -0.15) is 0 Å².